The first-order valence-corrected chi connectivity index (χ1v) is 13.2. The molecule has 0 spiro atoms. The van der Waals surface area contributed by atoms with Crippen molar-refractivity contribution in [3.63, 3.8) is 0 Å². The van der Waals surface area contributed by atoms with Crippen LogP contribution in [0, 0.1) is 0 Å². The van der Waals surface area contributed by atoms with E-state index in [1.54, 1.807) is 6.20 Å². The predicted molar refractivity (Wildman–Crippen MR) is 125 cm³/mol. The van der Waals surface area contributed by atoms with Crippen LogP contribution >= 0.6 is 11.6 Å². The quantitative estimate of drug-likeness (QED) is 0.589. The molecule has 2 aromatic heterocycles. The summed E-state index contributed by atoms with van der Waals surface area (Å²) in [5, 5.41) is 0.388. The summed E-state index contributed by atoms with van der Waals surface area (Å²) in [6.45, 7) is 22.3. The maximum Gasteiger partial charge on any atom is 0.498 e. The Bertz CT molecular complexity index is 873. The molecule has 1 aliphatic rings. The lowest BCUT2D eigenvalue weighted by Gasteiger charge is -2.44. The zero-order valence-electron chi connectivity index (χ0n) is 19.5. The number of nitrogens with zero attached hydrogens (tertiary/aromatic N) is 3. The molecule has 1 fully saturated rings. The van der Waals surface area contributed by atoms with Gasteiger partial charge in [0.1, 0.15) is 16.3 Å². The van der Waals surface area contributed by atoms with Gasteiger partial charge in [0.15, 0.2) is 8.24 Å². The Hall–Kier alpha value is -0.888. The molecule has 8 heteroatoms. The largest absolute Gasteiger partial charge is 0.498 e. The first-order chi connectivity index (χ1) is 13.3. The summed E-state index contributed by atoms with van der Waals surface area (Å²) in [5.41, 5.74) is 3.36. The molecule has 0 bridgehead atoms. The monoisotopic (exact) mass is 435 g/mol. The Kier molecular flexibility index (Phi) is 5.78. The summed E-state index contributed by atoms with van der Waals surface area (Å²) in [6.07, 6.45) is 3.85. The fraction of sp³-hybridized carbons (Fsp3) is 0.714. The van der Waals surface area contributed by atoms with Crippen LogP contribution in [0.5, 0.6) is 0 Å². The van der Waals surface area contributed by atoms with E-state index in [4.69, 9.17) is 25.9 Å². The highest BCUT2D eigenvalue weighted by atomic mass is 35.5. The fourth-order valence-electron chi connectivity index (χ4n) is 5.26. The molecule has 29 heavy (non-hydrogen) atoms. The van der Waals surface area contributed by atoms with E-state index >= 15 is 0 Å². The second kappa shape index (κ2) is 7.36. The van der Waals surface area contributed by atoms with Crippen molar-refractivity contribution >= 4 is 43.6 Å². The Morgan fingerprint density at radius 3 is 1.90 bits per heavy atom. The second-order valence-corrected chi connectivity index (χ2v) is 16.4. The van der Waals surface area contributed by atoms with Gasteiger partial charge in [-0.05, 0) is 50.5 Å². The van der Waals surface area contributed by atoms with E-state index in [0.29, 0.717) is 21.8 Å². The standard InChI is InChI=1S/C21H35BClN3O2Si/c1-13(2)29(14(3)4,15(5)6)26-12-16(18-19(26)24-11-17(23)25-18)22-27-20(7,8)21(9,10)28-22/h11-15H,1-10H3. The molecular formula is C21H35BClN3O2Si. The average molecular weight is 436 g/mol. The Labute approximate surface area is 181 Å². The normalized spacial score (nSPS) is 19.3. The number of halogens is 1. The molecule has 0 amide bonds. The van der Waals surface area contributed by atoms with Gasteiger partial charge in [0.2, 0.25) is 0 Å². The summed E-state index contributed by atoms with van der Waals surface area (Å²) < 4.78 is 15.2. The van der Waals surface area contributed by atoms with Gasteiger partial charge >= 0.3 is 7.12 Å². The minimum absolute atomic E-state index is 0.388. The van der Waals surface area contributed by atoms with Gasteiger partial charge in [0.05, 0.1) is 17.4 Å². The van der Waals surface area contributed by atoms with Crippen molar-refractivity contribution in [1.82, 2.24) is 14.2 Å². The van der Waals surface area contributed by atoms with Crippen LogP contribution in [0.4, 0.5) is 0 Å². The van der Waals surface area contributed by atoms with Crippen LogP contribution in [-0.2, 0) is 9.31 Å². The van der Waals surface area contributed by atoms with Crippen molar-refractivity contribution in [2.24, 2.45) is 0 Å². The van der Waals surface area contributed by atoms with E-state index < -0.39 is 26.6 Å². The fourth-order valence-corrected chi connectivity index (χ4v) is 12.0. The molecule has 0 N–H and O–H groups in total. The van der Waals surface area contributed by atoms with Gasteiger partial charge in [-0.2, -0.15) is 0 Å². The zero-order valence-corrected chi connectivity index (χ0v) is 21.3. The topological polar surface area (TPSA) is 49.2 Å². The van der Waals surface area contributed by atoms with E-state index in [-0.39, 0.29) is 0 Å². The maximum atomic E-state index is 6.37. The molecule has 0 aliphatic carbocycles. The van der Waals surface area contributed by atoms with Gasteiger partial charge in [-0.1, -0.05) is 53.1 Å². The van der Waals surface area contributed by atoms with E-state index in [0.717, 1.165) is 16.6 Å². The molecule has 3 heterocycles. The van der Waals surface area contributed by atoms with Gasteiger partial charge in [0.25, 0.3) is 0 Å². The molecule has 1 aliphatic heterocycles. The molecule has 2 aromatic rings. The molecule has 160 valence electrons. The molecular weight excluding hydrogens is 401 g/mol. The molecule has 5 nitrogen and oxygen atoms in total. The third-order valence-corrected chi connectivity index (χ3v) is 14.1. The highest BCUT2D eigenvalue weighted by molar-refractivity contribution is 6.83. The molecule has 0 radical (unpaired) electrons. The third-order valence-electron chi connectivity index (χ3n) is 7.19. The number of rotatable bonds is 5. The van der Waals surface area contributed by atoms with Crippen molar-refractivity contribution in [2.75, 3.05) is 0 Å². The zero-order chi connectivity index (χ0) is 21.9. The summed E-state index contributed by atoms with van der Waals surface area (Å²) in [5.74, 6) is 0. The van der Waals surface area contributed by atoms with Crippen molar-refractivity contribution in [3.8, 4) is 0 Å². The van der Waals surface area contributed by atoms with Crippen LogP contribution in [0.3, 0.4) is 0 Å². The Morgan fingerprint density at radius 1 is 0.966 bits per heavy atom. The van der Waals surface area contributed by atoms with E-state index in [1.807, 2.05) is 0 Å². The SMILES string of the molecule is CC(C)[Si](C(C)C)(C(C)C)n1cc(B2OC(C)(C)C(C)(C)O2)c2nc(Cl)cnc21. The first-order valence-electron chi connectivity index (χ1n) is 10.6. The number of aromatic nitrogens is 3. The lowest BCUT2D eigenvalue weighted by Crippen LogP contribution is -2.52. The Morgan fingerprint density at radius 2 is 1.45 bits per heavy atom. The number of hydrogen-bond acceptors (Lipinski definition) is 4. The third kappa shape index (κ3) is 3.38. The number of hydrogen-bond donors (Lipinski definition) is 0. The van der Waals surface area contributed by atoms with Gasteiger partial charge in [-0.25, -0.2) is 9.97 Å². The van der Waals surface area contributed by atoms with Crippen LogP contribution in [0.25, 0.3) is 11.2 Å². The van der Waals surface area contributed by atoms with Crippen molar-refractivity contribution in [2.45, 2.75) is 97.1 Å². The minimum Gasteiger partial charge on any atom is -0.399 e. The van der Waals surface area contributed by atoms with Gasteiger partial charge in [0, 0.05) is 5.46 Å². The predicted octanol–water partition coefficient (Wildman–Crippen LogP) is 5.41. The molecule has 0 unspecified atom stereocenters. The summed E-state index contributed by atoms with van der Waals surface area (Å²) in [4.78, 5) is 9.42. The van der Waals surface area contributed by atoms with Crippen LogP contribution in [-0.4, -0.2) is 40.8 Å². The highest BCUT2D eigenvalue weighted by Gasteiger charge is 2.54. The van der Waals surface area contributed by atoms with Crippen molar-refractivity contribution in [3.05, 3.63) is 17.5 Å². The molecule has 0 atom stereocenters. The summed E-state index contributed by atoms with van der Waals surface area (Å²) in [7, 11) is -2.52. The second-order valence-electron chi connectivity index (χ2n) is 10.3. The maximum absolute atomic E-state index is 6.37. The van der Waals surface area contributed by atoms with Gasteiger partial charge in [-0.15, -0.1) is 0 Å². The molecule has 0 aromatic carbocycles. The van der Waals surface area contributed by atoms with Gasteiger partial charge in [-0.3, -0.25) is 0 Å². The minimum atomic E-state index is -2.03. The average Bonchev–Trinajstić information content (AvgIpc) is 3.01. The first kappa shape index (κ1) is 22.8. The summed E-state index contributed by atoms with van der Waals surface area (Å²) in [6, 6.07) is 0. The van der Waals surface area contributed by atoms with Crippen LogP contribution in [0.2, 0.25) is 21.8 Å². The lowest BCUT2D eigenvalue weighted by molar-refractivity contribution is 0.00578. The van der Waals surface area contributed by atoms with Gasteiger partial charge < -0.3 is 13.5 Å². The molecule has 0 saturated carbocycles. The van der Waals surface area contributed by atoms with E-state index in [1.165, 1.54) is 0 Å². The van der Waals surface area contributed by atoms with Crippen molar-refractivity contribution < 1.29 is 9.31 Å². The lowest BCUT2D eigenvalue weighted by atomic mass is 9.80. The smallest absolute Gasteiger partial charge is 0.399 e. The highest BCUT2D eigenvalue weighted by Crippen LogP contribution is 2.44. The molecule has 1 saturated heterocycles. The van der Waals surface area contributed by atoms with E-state index in [2.05, 4.69) is 84.7 Å². The summed E-state index contributed by atoms with van der Waals surface area (Å²) >= 11 is 6.27. The molecule has 3 rings (SSSR count). The van der Waals surface area contributed by atoms with Crippen LogP contribution in [0.1, 0.15) is 69.2 Å². The van der Waals surface area contributed by atoms with Crippen LogP contribution < -0.4 is 5.46 Å². The van der Waals surface area contributed by atoms with E-state index in [9.17, 15) is 0 Å². The van der Waals surface area contributed by atoms with Crippen molar-refractivity contribution in [1.29, 1.82) is 0 Å². The Balaban J connectivity index is 2.29. The van der Waals surface area contributed by atoms with Crippen LogP contribution in [0.15, 0.2) is 12.4 Å². The number of fused-ring (bicyclic) bond motifs is 1.